The molecule has 136 valence electrons. The van der Waals surface area contributed by atoms with Gasteiger partial charge >= 0.3 is 0 Å². The summed E-state index contributed by atoms with van der Waals surface area (Å²) in [6.45, 7) is 2.53. The number of carboxylic acid groups (broad SMARTS) is 1. The van der Waals surface area contributed by atoms with Crippen LogP contribution in [0.15, 0.2) is 0 Å². The molecule has 1 aliphatic rings. The monoisotopic (exact) mass is 333 g/mol. The van der Waals surface area contributed by atoms with Gasteiger partial charge in [0.25, 0.3) is 0 Å². The SMILES string of the molecule is CCCCCCCCCCOC1OC(C(O)C(=O)[O-])C(O)C1O. The molecule has 0 saturated carbocycles. The third kappa shape index (κ3) is 6.73. The van der Waals surface area contributed by atoms with Crippen LogP contribution in [0.1, 0.15) is 58.3 Å². The largest absolute Gasteiger partial charge is 0.547 e. The minimum atomic E-state index is -2.00. The molecular weight excluding hydrogens is 304 g/mol. The van der Waals surface area contributed by atoms with Crippen LogP contribution in [-0.2, 0) is 14.3 Å². The number of aliphatic hydroxyl groups is 3. The summed E-state index contributed by atoms with van der Waals surface area (Å²) in [5.41, 5.74) is 0. The minimum absolute atomic E-state index is 0.345. The highest BCUT2D eigenvalue weighted by Gasteiger charge is 2.46. The average molecular weight is 333 g/mol. The highest BCUT2D eigenvalue weighted by atomic mass is 16.7. The Labute approximate surface area is 137 Å². The van der Waals surface area contributed by atoms with Gasteiger partial charge < -0.3 is 34.7 Å². The Kier molecular flexibility index (Phi) is 9.66. The van der Waals surface area contributed by atoms with E-state index in [-0.39, 0.29) is 0 Å². The van der Waals surface area contributed by atoms with E-state index in [4.69, 9.17) is 9.47 Å². The van der Waals surface area contributed by atoms with Crippen molar-refractivity contribution in [2.24, 2.45) is 0 Å². The van der Waals surface area contributed by atoms with Crippen molar-refractivity contribution in [2.45, 2.75) is 89.0 Å². The summed E-state index contributed by atoms with van der Waals surface area (Å²) >= 11 is 0. The second kappa shape index (κ2) is 10.9. The number of aliphatic hydroxyl groups excluding tert-OH is 3. The van der Waals surface area contributed by atoms with Crippen LogP contribution in [0.25, 0.3) is 0 Å². The third-order valence-electron chi connectivity index (χ3n) is 4.09. The van der Waals surface area contributed by atoms with Crippen LogP contribution in [0, 0.1) is 0 Å². The molecule has 1 rings (SSSR count). The van der Waals surface area contributed by atoms with Crippen molar-refractivity contribution in [3.8, 4) is 0 Å². The van der Waals surface area contributed by atoms with Gasteiger partial charge in [-0.05, 0) is 6.42 Å². The van der Waals surface area contributed by atoms with E-state index < -0.39 is 36.7 Å². The molecule has 1 saturated heterocycles. The molecule has 5 atom stereocenters. The van der Waals surface area contributed by atoms with E-state index in [0.717, 1.165) is 19.3 Å². The first-order chi connectivity index (χ1) is 11.0. The molecule has 0 radical (unpaired) electrons. The van der Waals surface area contributed by atoms with Crippen molar-refractivity contribution in [1.29, 1.82) is 0 Å². The van der Waals surface area contributed by atoms with Crippen molar-refractivity contribution >= 4 is 5.97 Å². The number of carbonyl (C=O) groups excluding carboxylic acids is 1. The second-order valence-corrected chi connectivity index (χ2v) is 6.06. The summed E-state index contributed by atoms with van der Waals surface area (Å²) in [6, 6.07) is 0. The van der Waals surface area contributed by atoms with Gasteiger partial charge in [-0.2, -0.15) is 0 Å². The van der Waals surface area contributed by atoms with E-state index in [1.165, 1.54) is 32.1 Å². The third-order valence-corrected chi connectivity index (χ3v) is 4.09. The Bertz CT molecular complexity index is 336. The van der Waals surface area contributed by atoms with E-state index in [2.05, 4.69) is 6.92 Å². The molecular formula is C16H29O7-. The van der Waals surface area contributed by atoms with Crippen molar-refractivity contribution in [1.82, 2.24) is 0 Å². The zero-order valence-corrected chi connectivity index (χ0v) is 13.7. The van der Waals surface area contributed by atoms with E-state index in [1.54, 1.807) is 0 Å². The Hall–Kier alpha value is -0.730. The first kappa shape index (κ1) is 20.3. The topological polar surface area (TPSA) is 119 Å². The maximum Gasteiger partial charge on any atom is 0.186 e. The fourth-order valence-corrected chi connectivity index (χ4v) is 2.64. The molecule has 1 fully saturated rings. The highest BCUT2D eigenvalue weighted by Crippen LogP contribution is 2.24. The van der Waals surface area contributed by atoms with Gasteiger partial charge in [0.05, 0.1) is 5.97 Å². The Morgan fingerprint density at radius 2 is 1.65 bits per heavy atom. The van der Waals surface area contributed by atoms with Crippen molar-refractivity contribution < 1.29 is 34.7 Å². The van der Waals surface area contributed by atoms with Crippen molar-refractivity contribution in [3.63, 3.8) is 0 Å². The first-order valence-corrected chi connectivity index (χ1v) is 8.51. The average Bonchev–Trinajstić information content (AvgIpc) is 2.80. The zero-order valence-electron chi connectivity index (χ0n) is 13.7. The second-order valence-electron chi connectivity index (χ2n) is 6.06. The molecule has 7 nitrogen and oxygen atoms in total. The maximum absolute atomic E-state index is 10.6. The summed E-state index contributed by atoms with van der Waals surface area (Å²) in [5, 5.41) is 39.4. The number of carboxylic acids is 1. The molecule has 5 unspecified atom stereocenters. The Balaban J connectivity index is 2.14. The lowest BCUT2D eigenvalue weighted by Gasteiger charge is -2.21. The van der Waals surface area contributed by atoms with Gasteiger partial charge in [0.15, 0.2) is 6.29 Å². The van der Waals surface area contributed by atoms with E-state index in [9.17, 15) is 25.2 Å². The molecule has 0 aromatic carbocycles. The quantitative estimate of drug-likeness (QED) is 0.420. The summed E-state index contributed by atoms with van der Waals surface area (Å²) < 4.78 is 10.4. The van der Waals surface area contributed by atoms with Gasteiger partial charge in [-0.25, -0.2) is 0 Å². The number of aliphatic carboxylic acids is 1. The number of unbranched alkanes of at least 4 members (excludes halogenated alkanes) is 7. The minimum Gasteiger partial charge on any atom is -0.547 e. The fraction of sp³-hybridized carbons (Fsp3) is 0.938. The lowest BCUT2D eigenvalue weighted by molar-refractivity contribution is -0.320. The molecule has 3 N–H and O–H groups in total. The van der Waals surface area contributed by atoms with Crippen LogP contribution < -0.4 is 5.11 Å². The van der Waals surface area contributed by atoms with Gasteiger partial charge in [-0.1, -0.05) is 51.9 Å². The predicted molar refractivity (Wildman–Crippen MR) is 80.3 cm³/mol. The lowest BCUT2D eigenvalue weighted by atomic mass is 10.1. The summed E-state index contributed by atoms with van der Waals surface area (Å²) in [7, 11) is 0. The summed E-state index contributed by atoms with van der Waals surface area (Å²) in [6.07, 6.45) is 1.66. The van der Waals surface area contributed by atoms with Gasteiger partial charge in [0.2, 0.25) is 0 Å². The van der Waals surface area contributed by atoms with E-state index in [1.807, 2.05) is 0 Å². The summed E-state index contributed by atoms with van der Waals surface area (Å²) in [5.74, 6) is -1.76. The van der Waals surface area contributed by atoms with Crippen LogP contribution in [0.3, 0.4) is 0 Å². The molecule has 0 spiro atoms. The normalized spacial score (nSPS) is 28.9. The van der Waals surface area contributed by atoms with Gasteiger partial charge in [-0.15, -0.1) is 0 Å². The van der Waals surface area contributed by atoms with Crippen LogP contribution in [0.2, 0.25) is 0 Å². The summed E-state index contributed by atoms with van der Waals surface area (Å²) in [4.78, 5) is 10.6. The number of hydrogen-bond acceptors (Lipinski definition) is 7. The van der Waals surface area contributed by atoms with Gasteiger partial charge in [0, 0.05) is 6.61 Å². The van der Waals surface area contributed by atoms with E-state index >= 15 is 0 Å². The number of rotatable bonds is 12. The first-order valence-electron chi connectivity index (χ1n) is 8.51. The molecule has 7 heteroatoms. The maximum atomic E-state index is 10.6. The molecule has 23 heavy (non-hydrogen) atoms. The van der Waals surface area contributed by atoms with Crippen LogP contribution >= 0.6 is 0 Å². The van der Waals surface area contributed by atoms with Crippen LogP contribution in [0.5, 0.6) is 0 Å². The van der Waals surface area contributed by atoms with Crippen molar-refractivity contribution in [2.75, 3.05) is 6.61 Å². The molecule has 0 bridgehead atoms. The highest BCUT2D eigenvalue weighted by molar-refractivity contribution is 5.70. The smallest absolute Gasteiger partial charge is 0.186 e. The molecule has 0 amide bonds. The Morgan fingerprint density at radius 1 is 1.09 bits per heavy atom. The van der Waals surface area contributed by atoms with Gasteiger partial charge in [-0.3, -0.25) is 0 Å². The van der Waals surface area contributed by atoms with Gasteiger partial charge in [0.1, 0.15) is 24.4 Å². The number of ether oxygens (including phenoxy) is 2. The van der Waals surface area contributed by atoms with Crippen LogP contribution in [0.4, 0.5) is 0 Å². The standard InChI is InChI=1S/C16H30O7/c1-2-3-4-5-6-7-8-9-10-22-16-12(18)11(17)14(23-16)13(19)15(20)21/h11-14,16-19H,2-10H2,1H3,(H,20,21)/p-1. The molecule has 1 heterocycles. The molecule has 1 aliphatic heterocycles. The lowest BCUT2D eigenvalue weighted by Crippen LogP contribution is -2.48. The molecule has 0 aromatic heterocycles. The van der Waals surface area contributed by atoms with E-state index in [0.29, 0.717) is 6.61 Å². The number of carbonyl (C=O) groups is 1. The fourth-order valence-electron chi connectivity index (χ4n) is 2.64. The number of hydrogen-bond donors (Lipinski definition) is 3. The predicted octanol–water partition coefficient (Wildman–Crippen LogP) is -0.299. The molecule has 0 aliphatic carbocycles. The zero-order chi connectivity index (χ0) is 17.2. The van der Waals surface area contributed by atoms with Crippen molar-refractivity contribution in [3.05, 3.63) is 0 Å². The Morgan fingerprint density at radius 3 is 2.22 bits per heavy atom. The molecule has 0 aromatic rings. The van der Waals surface area contributed by atoms with Crippen LogP contribution in [-0.4, -0.2) is 58.6 Å².